The van der Waals surface area contributed by atoms with Gasteiger partial charge in [-0.05, 0) is 49.1 Å². The van der Waals surface area contributed by atoms with Crippen LogP contribution in [0.2, 0.25) is 0 Å². The molecule has 2 heterocycles. The Labute approximate surface area is 178 Å². The predicted molar refractivity (Wildman–Crippen MR) is 120 cm³/mol. The first-order valence-electron chi connectivity index (χ1n) is 10.7. The number of thiol groups is 1. The number of hydrogen-bond donors (Lipinski definition) is 1. The van der Waals surface area contributed by atoms with Crippen molar-refractivity contribution in [1.29, 1.82) is 0 Å². The van der Waals surface area contributed by atoms with Gasteiger partial charge >= 0.3 is 0 Å². The Morgan fingerprint density at radius 1 is 1.29 bits per heavy atom. The lowest BCUT2D eigenvalue weighted by Gasteiger charge is -2.43. The van der Waals surface area contributed by atoms with Crippen LogP contribution < -0.4 is 0 Å². The largest absolute Gasteiger partial charge is 0.461 e. The standard InChI is InChI=1S/C23H31NO2S2/c1-3-7-20-15(4-2)13-19(26-20)14-21-22(25)24(23(27)28-21)18-11-10-16-8-5-6-9-17(16)12-18/h3,13-14,16-18,23,27H,1,4-12H2,2H3/b21-14-. The van der Waals surface area contributed by atoms with Gasteiger partial charge in [0.05, 0.1) is 4.91 Å². The third-order valence-corrected chi connectivity index (χ3v) is 8.27. The van der Waals surface area contributed by atoms with Crippen molar-refractivity contribution in [3.63, 3.8) is 0 Å². The molecule has 4 atom stereocenters. The van der Waals surface area contributed by atoms with Gasteiger partial charge in [0.25, 0.3) is 5.91 Å². The van der Waals surface area contributed by atoms with E-state index in [4.69, 9.17) is 17.0 Å². The number of carbonyl (C=O) groups is 1. The van der Waals surface area contributed by atoms with Crippen LogP contribution in [0.15, 0.2) is 28.0 Å². The molecule has 1 amide bonds. The van der Waals surface area contributed by atoms with Crippen molar-refractivity contribution in [3.8, 4) is 0 Å². The highest BCUT2D eigenvalue weighted by atomic mass is 32.2. The molecule has 0 N–H and O–H groups in total. The van der Waals surface area contributed by atoms with Crippen molar-refractivity contribution >= 4 is 36.4 Å². The van der Waals surface area contributed by atoms with Crippen LogP contribution in [-0.4, -0.2) is 21.6 Å². The molecule has 152 valence electrons. The average Bonchev–Trinajstić information content (AvgIpc) is 3.21. The SMILES string of the molecule is C=CCc1oc(/C=C2\SC(S)N(C3CCC4CCCCC4C3)C2=O)cc1CC. The monoisotopic (exact) mass is 417 g/mol. The lowest BCUT2D eigenvalue weighted by Crippen LogP contribution is -2.44. The molecule has 5 heteroatoms. The van der Waals surface area contributed by atoms with E-state index in [1.807, 2.05) is 17.1 Å². The zero-order valence-corrected chi connectivity index (χ0v) is 18.4. The summed E-state index contributed by atoms with van der Waals surface area (Å²) in [6, 6.07) is 2.40. The normalized spacial score (nSPS) is 32.0. The molecule has 0 radical (unpaired) electrons. The van der Waals surface area contributed by atoms with Crippen LogP contribution in [0.5, 0.6) is 0 Å². The third kappa shape index (κ3) is 3.97. The Morgan fingerprint density at radius 3 is 2.82 bits per heavy atom. The molecule has 0 bridgehead atoms. The van der Waals surface area contributed by atoms with Crippen molar-refractivity contribution in [1.82, 2.24) is 4.90 Å². The fourth-order valence-corrected chi connectivity index (χ4v) is 6.92. The minimum Gasteiger partial charge on any atom is -0.461 e. The summed E-state index contributed by atoms with van der Waals surface area (Å²) < 4.78 is 5.90. The summed E-state index contributed by atoms with van der Waals surface area (Å²) in [4.78, 5) is 16.0. The van der Waals surface area contributed by atoms with E-state index in [0.29, 0.717) is 6.04 Å². The summed E-state index contributed by atoms with van der Waals surface area (Å²) in [5.41, 5.74) is 1.19. The molecule has 3 nitrogen and oxygen atoms in total. The second kappa shape index (κ2) is 8.74. The lowest BCUT2D eigenvalue weighted by molar-refractivity contribution is -0.128. The van der Waals surface area contributed by atoms with Gasteiger partial charge < -0.3 is 9.32 Å². The first-order chi connectivity index (χ1) is 13.6. The van der Waals surface area contributed by atoms with E-state index >= 15 is 0 Å². The maximum Gasteiger partial charge on any atom is 0.262 e. The number of carbonyl (C=O) groups excluding carboxylic acids is 1. The number of nitrogens with zero attached hydrogens (tertiary/aromatic N) is 1. The van der Waals surface area contributed by atoms with Crippen LogP contribution in [0.25, 0.3) is 6.08 Å². The zero-order chi connectivity index (χ0) is 19.7. The maximum atomic E-state index is 13.2. The number of hydrogen-bond acceptors (Lipinski definition) is 4. The molecule has 4 rings (SSSR count). The van der Waals surface area contributed by atoms with Crippen molar-refractivity contribution in [3.05, 3.63) is 40.7 Å². The topological polar surface area (TPSA) is 33.5 Å². The Bertz CT molecular complexity index is 769. The average molecular weight is 418 g/mol. The molecule has 2 aliphatic carbocycles. The van der Waals surface area contributed by atoms with E-state index in [0.717, 1.165) is 53.9 Å². The first-order valence-corrected chi connectivity index (χ1v) is 12.1. The molecule has 1 aromatic heterocycles. The van der Waals surface area contributed by atoms with Crippen LogP contribution in [0.1, 0.15) is 69.0 Å². The highest BCUT2D eigenvalue weighted by Crippen LogP contribution is 2.46. The highest BCUT2D eigenvalue weighted by molar-refractivity contribution is 8.14. The molecule has 1 aromatic rings. The van der Waals surface area contributed by atoms with Crippen molar-refractivity contribution < 1.29 is 9.21 Å². The van der Waals surface area contributed by atoms with Crippen LogP contribution in [0, 0.1) is 11.8 Å². The van der Waals surface area contributed by atoms with Gasteiger partial charge in [-0.3, -0.25) is 4.79 Å². The van der Waals surface area contributed by atoms with Crippen LogP contribution >= 0.6 is 24.4 Å². The van der Waals surface area contributed by atoms with E-state index in [-0.39, 0.29) is 10.6 Å². The first kappa shape index (κ1) is 20.2. The van der Waals surface area contributed by atoms with Gasteiger partial charge in [0.15, 0.2) is 0 Å². The number of thioether (sulfide) groups is 1. The van der Waals surface area contributed by atoms with E-state index < -0.39 is 0 Å². The third-order valence-electron chi connectivity index (χ3n) is 6.72. The van der Waals surface area contributed by atoms with Crippen molar-refractivity contribution in [2.45, 2.75) is 75.5 Å². The fraction of sp³-hybridized carbons (Fsp3) is 0.609. The molecule has 28 heavy (non-hydrogen) atoms. The highest BCUT2D eigenvalue weighted by Gasteiger charge is 2.42. The maximum absolute atomic E-state index is 13.2. The molecule has 0 spiro atoms. The van der Waals surface area contributed by atoms with Crippen molar-refractivity contribution in [2.24, 2.45) is 11.8 Å². The van der Waals surface area contributed by atoms with Gasteiger partial charge in [-0.25, -0.2) is 0 Å². The molecule has 0 aromatic carbocycles. The van der Waals surface area contributed by atoms with Gasteiger partial charge in [-0.2, -0.15) is 0 Å². The van der Waals surface area contributed by atoms with Crippen LogP contribution in [0.4, 0.5) is 0 Å². The van der Waals surface area contributed by atoms with Crippen molar-refractivity contribution in [2.75, 3.05) is 0 Å². The Hall–Kier alpha value is -1.07. The summed E-state index contributed by atoms with van der Waals surface area (Å²) in [6.07, 6.45) is 14.4. The summed E-state index contributed by atoms with van der Waals surface area (Å²) in [6.45, 7) is 5.93. The Morgan fingerprint density at radius 2 is 2.07 bits per heavy atom. The quantitative estimate of drug-likeness (QED) is 0.359. The number of furan rings is 1. The molecule has 1 saturated heterocycles. The minimum atomic E-state index is -0.0860. The molecule has 3 fully saturated rings. The zero-order valence-electron chi connectivity index (χ0n) is 16.7. The van der Waals surface area contributed by atoms with Crippen LogP contribution in [0.3, 0.4) is 0 Å². The van der Waals surface area contributed by atoms with Gasteiger partial charge in [-0.15, -0.1) is 19.2 Å². The number of amides is 1. The Kier molecular flexibility index (Phi) is 6.31. The van der Waals surface area contributed by atoms with Gasteiger partial charge in [-0.1, -0.05) is 50.4 Å². The van der Waals surface area contributed by atoms with E-state index in [2.05, 4.69) is 19.6 Å². The smallest absolute Gasteiger partial charge is 0.262 e. The molecule has 4 unspecified atom stereocenters. The summed E-state index contributed by atoms with van der Waals surface area (Å²) in [5.74, 6) is 3.54. The summed E-state index contributed by atoms with van der Waals surface area (Å²) in [7, 11) is 0. The molecule has 1 aliphatic heterocycles. The summed E-state index contributed by atoms with van der Waals surface area (Å²) >= 11 is 6.32. The van der Waals surface area contributed by atoms with Gasteiger partial charge in [0.2, 0.25) is 0 Å². The Balaban J connectivity index is 1.50. The van der Waals surface area contributed by atoms with E-state index in [1.54, 1.807) is 11.8 Å². The van der Waals surface area contributed by atoms with Gasteiger partial charge in [0, 0.05) is 18.5 Å². The number of fused-ring (bicyclic) bond motifs is 1. The number of aryl methyl sites for hydroxylation is 1. The fourth-order valence-electron chi connectivity index (χ4n) is 5.28. The molecule has 3 aliphatic rings. The minimum absolute atomic E-state index is 0.0860. The summed E-state index contributed by atoms with van der Waals surface area (Å²) in [5, 5.41) is 0. The van der Waals surface area contributed by atoms with E-state index in [1.165, 1.54) is 37.7 Å². The predicted octanol–water partition coefficient (Wildman–Crippen LogP) is 6.06. The number of rotatable bonds is 5. The second-order valence-electron chi connectivity index (χ2n) is 8.38. The molecular weight excluding hydrogens is 386 g/mol. The molecule has 2 saturated carbocycles. The van der Waals surface area contributed by atoms with E-state index in [9.17, 15) is 4.79 Å². The lowest BCUT2D eigenvalue weighted by atomic mass is 9.69. The van der Waals surface area contributed by atoms with Gasteiger partial charge in [0.1, 0.15) is 16.2 Å². The van der Waals surface area contributed by atoms with Crippen LogP contribution in [-0.2, 0) is 17.6 Å². The number of allylic oxidation sites excluding steroid dienone is 1. The second-order valence-corrected chi connectivity index (χ2v) is 10.3. The molecular formula is C23H31NO2S2.